The summed E-state index contributed by atoms with van der Waals surface area (Å²) in [5, 5.41) is -82.3. The van der Waals surface area contributed by atoms with Crippen LogP contribution in [0.1, 0.15) is 0 Å². The fraction of sp³-hybridized carbons (Fsp3) is 0. The van der Waals surface area contributed by atoms with Crippen LogP contribution in [0.4, 0.5) is 0 Å². The van der Waals surface area contributed by atoms with Crippen molar-refractivity contribution < 1.29 is 0 Å². The Bertz CT molecular complexity index is 4890. The molecular weight excluding hydrogens is 2370 g/mol. The number of hydrogen-bond acceptors (Lipinski definition) is 46. The van der Waals surface area contributed by atoms with Gasteiger partial charge in [0.2, 0.25) is 0 Å². The van der Waals surface area contributed by atoms with Crippen LogP contribution in [0.15, 0.2) is 0 Å². The lowest BCUT2D eigenvalue weighted by molar-refractivity contribution is 4.97. The van der Waals surface area contributed by atoms with Crippen molar-refractivity contribution in [3.63, 3.8) is 0 Å². The molecule has 0 unspecified atom stereocenters. The van der Waals surface area contributed by atoms with E-state index in [-0.39, 0.29) is 0 Å². The maximum atomic E-state index is 6.13. The minimum absolute atomic E-state index is 1.74. The molecule has 0 aliphatic carbocycles. The van der Waals surface area contributed by atoms with Crippen molar-refractivity contribution >= 4 is 666 Å². The van der Waals surface area contributed by atoms with Crippen molar-refractivity contribution in [1.82, 2.24) is 0 Å². The third kappa shape index (κ3) is 14.4. The minimum Gasteiger partial charge on any atom is -0.0917 e. The molecule has 71 heteroatoms. The fourth-order valence-electron chi connectivity index (χ4n) is 2.14. The molecule has 0 atom stereocenters. The Morgan fingerprint density at radius 3 is 0.282 bits per heavy atom. The Kier molecular flexibility index (Phi) is 35.7. The van der Waals surface area contributed by atoms with Crippen molar-refractivity contribution in [3.8, 4) is 0 Å². The van der Waals surface area contributed by atoms with E-state index in [4.69, 9.17) is 515 Å². The molecule has 0 amide bonds. The zero-order chi connectivity index (χ0) is 59.5. The number of hydrogen-bond donors (Lipinski definition) is 1. The molecule has 0 heterocycles. The highest BCUT2D eigenvalue weighted by Crippen LogP contribution is 2.44. The van der Waals surface area contributed by atoms with Gasteiger partial charge in [0.15, 0.2) is 0 Å². The zero-order valence-electron chi connectivity index (χ0n) is 29.0. The molecule has 0 rings (SSSR count). The maximum absolute atomic E-state index is 6.13. The third-order valence-electron chi connectivity index (χ3n) is 5.50. The Morgan fingerprint density at radius 1 is 0.141 bits per heavy atom. The highest BCUT2D eigenvalue weighted by atomic mass is 127. The van der Waals surface area contributed by atoms with Crippen molar-refractivity contribution in [1.29, 1.82) is 0 Å². The predicted octanol–water partition coefficient (Wildman–Crippen LogP) is 1.10. The molecule has 0 aliphatic rings. The molecule has 0 bridgehead atoms. The second kappa shape index (κ2) is 28.1. The van der Waals surface area contributed by atoms with E-state index in [9.17, 15) is 0 Å². The van der Waals surface area contributed by atoms with E-state index in [2.05, 4.69) is 11.7 Å². The summed E-state index contributed by atoms with van der Waals surface area (Å²) in [6.45, 7) is 0. The van der Waals surface area contributed by atoms with Gasteiger partial charge in [-0.2, -0.15) is 0 Å². The van der Waals surface area contributed by atoms with Gasteiger partial charge in [0, 0.05) is 139 Å². The molecule has 0 radical (unpaired) electrons. The summed E-state index contributed by atoms with van der Waals surface area (Å²) in [4.78, 5) is 0. The van der Waals surface area contributed by atoms with E-state index in [1.165, 1.54) is 0 Å². The van der Waals surface area contributed by atoms with E-state index in [1.54, 1.807) is 21.2 Å². The predicted molar refractivity (Wildman–Crippen MR) is 531 cm³/mol. The Balaban J connectivity index is 8.63. The van der Waals surface area contributed by atoms with Crippen LogP contribution in [0.5, 0.6) is 0 Å². The second-order valence-electron chi connectivity index (χ2n) is 9.39. The molecule has 0 fully saturated rings. The largest absolute Gasteiger partial charge is 0.0917 e. The summed E-state index contributed by atoms with van der Waals surface area (Å²) < 4.78 is -2.71. The van der Waals surface area contributed by atoms with E-state index < -0.39 is 118 Å². The Morgan fingerprint density at radius 2 is 0.211 bits per heavy atom. The molecule has 0 N–H and O–H groups in total. The lowest BCUT2D eigenvalue weighted by Crippen LogP contribution is -2.40. The highest BCUT2D eigenvalue weighted by molar-refractivity contribution is 14.2. The quantitative estimate of drug-likeness (QED) is 0.0713. The highest BCUT2D eigenvalue weighted by Gasteiger charge is 2.48. The Labute approximate surface area is 645 Å². The average molecular weight is 2370 g/mol. The van der Waals surface area contributed by atoms with Gasteiger partial charge in [-0.25, -0.2) is 0 Å². The molecule has 0 aliphatic heterocycles. The molecule has 0 aromatic rings. The summed E-state index contributed by atoms with van der Waals surface area (Å²) in [5.41, 5.74) is 0. The van der Waals surface area contributed by atoms with Gasteiger partial charge in [0.05, 0.1) is 0 Å². The van der Waals surface area contributed by atoms with Gasteiger partial charge < -0.3 is 0 Å². The van der Waals surface area contributed by atoms with Crippen LogP contribution in [0, 0.1) is 0 Å². The van der Waals surface area contributed by atoms with E-state index in [0.717, 1.165) is 0 Å². The molecule has 0 saturated heterocycles. The van der Waals surface area contributed by atoms with Crippen molar-refractivity contribution in [3.05, 3.63) is 0 Å². The first-order chi connectivity index (χ1) is 29.5. The first-order valence-corrected chi connectivity index (χ1v) is 107. The molecule has 0 spiro atoms. The van der Waals surface area contributed by atoms with Crippen molar-refractivity contribution in [2.24, 2.45) is 0 Å². The van der Waals surface area contributed by atoms with Gasteiger partial charge in [0.1, 0.15) is 0 Å². The van der Waals surface area contributed by atoms with Gasteiger partial charge in [-0.3, -0.25) is 0 Å². The van der Waals surface area contributed by atoms with Crippen LogP contribution in [-0.2, 0) is 633 Å². The lowest BCUT2D eigenvalue weighted by atomic mass is 29.7. The lowest BCUT2D eigenvalue weighted by Gasteiger charge is -2.36. The third-order valence-corrected chi connectivity index (χ3v) is 453. The summed E-state index contributed by atoms with van der Waals surface area (Å²) in [7, 11) is 0. The van der Waals surface area contributed by atoms with E-state index >= 15 is 0 Å². The van der Waals surface area contributed by atoms with Gasteiger partial charge in [0.25, 0.3) is 0 Å². The van der Waals surface area contributed by atoms with Crippen LogP contribution >= 0.6 is 32.9 Å². The number of halogens is 1. The molecule has 0 nitrogen and oxygen atoms in total. The maximum Gasteiger partial charge on any atom is 0.0451 e. The van der Waals surface area contributed by atoms with Crippen LogP contribution in [0.3, 0.4) is 0 Å². The van der Waals surface area contributed by atoms with Crippen LogP contribution < -0.4 is 0 Å². The Hall–Kier alpha value is 19.3. The van der Waals surface area contributed by atoms with Gasteiger partial charge >= 0.3 is 0 Å². The average Bonchev–Trinajstić information content (AvgIpc) is 3.11. The summed E-state index contributed by atoms with van der Waals surface area (Å²) in [6, 6.07) is 0. The number of thiol groups is 1. The summed E-state index contributed by atoms with van der Waals surface area (Å²) in [5.74, 6) is 0. The van der Waals surface area contributed by atoms with Gasteiger partial charge in [-0.1, -0.05) is 11.7 Å². The smallest absolute Gasteiger partial charge is 0.0451 e. The second-order valence-corrected chi connectivity index (χ2v) is 260. The molecule has 0 aromatic carbocycles. The topological polar surface area (TPSA) is 0 Å². The van der Waals surface area contributed by atoms with Gasteiger partial charge in [-0.15, -0.1) is 0 Å². The van der Waals surface area contributed by atoms with Crippen LogP contribution in [-0.4, -0.2) is 0 Å². The molecule has 0 aromatic heterocycles. The SMILES string of the molecule is S=S(=S)(S)S(=S)(=S)S(=S)(=S)S(=S)(=S)S(=S)(=S)S(=S)(=S)S(=S)(=S)S(=S)(=S)S(=S)(=S)S(=S)(=S)S(=S)(=S)S(=S)(=S)S(=S)(=S)S(=S)(=S)S(=S)(=S)S(=S)(=S)S(=S)(=S)S(=S)(=S)S(=S)(=S)S(=S)(=S)S(=S)(=S)S(=S)(=S)S(=S)(=S)I. The fourth-order valence-corrected chi connectivity index (χ4v) is 530. The summed E-state index contributed by atoms with van der Waals surface area (Å²) in [6.07, 6.45) is 0. The molecule has 71 heavy (non-hydrogen) atoms. The number of rotatable bonds is 22. The normalized spacial score (nSPS) is 16.9. The standard InChI is InChI=1S/HIS70/c1-49(2,3)51(7,8)53(11,12)55(15,16)57(19,20)59(23,24)61(27,28)63(31,32)65(35,36)67(39,40)69(43,44)71(47,48)70(45,46)68(41,42)66(37,38)64(33,34)62(29,30)60(25,26)58(21,22)56(17,18)54(13,14)52(9,10)50(4,5)6/h(H,4,5,6). The van der Waals surface area contributed by atoms with E-state index in [0.29, 0.717) is 0 Å². The monoisotopic (exact) mass is 2370 g/mol. The minimum atomic E-state index is -4.01. The molecule has 0 saturated carbocycles. The summed E-state index contributed by atoms with van der Waals surface area (Å²) >= 11 is 280. The van der Waals surface area contributed by atoms with Crippen LogP contribution in [0.25, 0.3) is 0 Å². The van der Waals surface area contributed by atoms with E-state index in [1.807, 2.05) is 0 Å². The molecule has 428 valence electrons. The molecular formula is HIS70. The zero-order valence-corrected chi connectivity index (χ0v) is 88.4. The van der Waals surface area contributed by atoms with Gasteiger partial charge in [-0.05, 0) is 515 Å². The van der Waals surface area contributed by atoms with Crippen molar-refractivity contribution in [2.45, 2.75) is 0 Å². The van der Waals surface area contributed by atoms with Crippen LogP contribution in [0.2, 0.25) is 0 Å². The van der Waals surface area contributed by atoms with Crippen molar-refractivity contribution in [2.75, 3.05) is 0 Å². The first kappa shape index (κ1) is 90.2. The first-order valence-electron chi connectivity index (χ1n) is 11.7.